The summed E-state index contributed by atoms with van der Waals surface area (Å²) in [5.74, 6) is 0.528. The number of ether oxygens (including phenoxy) is 1. The summed E-state index contributed by atoms with van der Waals surface area (Å²) in [5, 5.41) is 0. The maximum Gasteiger partial charge on any atom is 0.333 e. The number of carbonyl (C=O) groups is 1. The van der Waals surface area contributed by atoms with Crippen molar-refractivity contribution in [3.05, 3.63) is 11.6 Å². The lowest BCUT2D eigenvalue weighted by Crippen LogP contribution is -2.18. The molecule has 114 valence electrons. The lowest BCUT2D eigenvalue weighted by atomic mass is 9.98. The predicted molar refractivity (Wildman–Crippen MR) is 82.5 cm³/mol. The lowest BCUT2D eigenvalue weighted by Gasteiger charge is -2.16. The maximum absolute atomic E-state index is 12.2. The Morgan fingerprint density at radius 2 is 1.35 bits per heavy atom. The zero-order valence-electron chi connectivity index (χ0n) is 13.0. The van der Waals surface area contributed by atoms with Crippen molar-refractivity contribution >= 4 is 5.97 Å². The van der Waals surface area contributed by atoms with Crippen LogP contribution in [0.2, 0.25) is 0 Å². The van der Waals surface area contributed by atoms with E-state index in [0.29, 0.717) is 5.92 Å². The van der Waals surface area contributed by atoms with E-state index in [4.69, 9.17) is 4.74 Å². The van der Waals surface area contributed by atoms with Crippen LogP contribution >= 0.6 is 0 Å². The standard InChI is InChI=1S/C18H30O2/c1-15(14-16-10-6-2-3-7-11-16)18(19)20-17-12-8-4-5-9-13-17/h14,16-17H,2-13H2,1H3. The summed E-state index contributed by atoms with van der Waals surface area (Å²) >= 11 is 0. The third-order valence-corrected chi connectivity index (χ3v) is 4.78. The second-order valence-electron chi connectivity index (χ2n) is 6.62. The van der Waals surface area contributed by atoms with Crippen LogP contribution in [-0.4, -0.2) is 12.1 Å². The van der Waals surface area contributed by atoms with Gasteiger partial charge >= 0.3 is 5.97 Å². The normalized spacial score (nSPS) is 23.9. The fourth-order valence-corrected chi connectivity index (χ4v) is 3.50. The minimum atomic E-state index is -0.0684. The van der Waals surface area contributed by atoms with Crippen LogP contribution in [0.5, 0.6) is 0 Å². The van der Waals surface area contributed by atoms with Gasteiger partial charge in [-0.2, -0.15) is 0 Å². The van der Waals surface area contributed by atoms with Crippen LogP contribution in [0.4, 0.5) is 0 Å². The fraction of sp³-hybridized carbons (Fsp3) is 0.833. The molecule has 2 fully saturated rings. The maximum atomic E-state index is 12.2. The minimum absolute atomic E-state index is 0.0684. The van der Waals surface area contributed by atoms with Crippen LogP contribution in [0.25, 0.3) is 0 Å². The Bertz CT molecular complexity index is 316. The molecular formula is C18H30O2. The van der Waals surface area contributed by atoms with Crippen LogP contribution in [0.15, 0.2) is 11.6 Å². The van der Waals surface area contributed by atoms with Crippen molar-refractivity contribution in [2.24, 2.45) is 5.92 Å². The topological polar surface area (TPSA) is 26.3 Å². The molecule has 2 saturated carbocycles. The van der Waals surface area contributed by atoms with Crippen molar-refractivity contribution in [1.82, 2.24) is 0 Å². The first-order valence-corrected chi connectivity index (χ1v) is 8.65. The number of hydrogen-bond acceptors (Lipinski definition) is 2. The van der Waals surface area contributed by atoms with E-state index in [-0.39, 0.29) is 12.1 Å². The summed E-state index contributed by atoms with van der Waals surface area (Å²) in [5.41, 5.74) is 0.834. The molecule has 0 unspecified atom stereocenters. The number of allylic oxidation sites excluding steroid dienone is 1. The zero-order chi connectivity index (χ0) is 14.2. The molecule has 0 aromatic carbocycles. The Morgan fingerprint density at radius 1 is 0.850 bits per heavy atom. The third kappa shape index (κ3) is 5.30. The molecule has 0 amide bonds. The van der Waals surface area contributed by atoms with Crippen molar-refractivity contribution in [3.8, 4) is 0 Å². The van der Waals surface area contributed by atoms with Crippen LogP contribution in [0.1, 0.15) is 84.0 Å². The lowest BCUT2D eigenvalue weighted by molar-refractivity contribution is -0.144. The van der Waals surface area contributed by atoms with Gasteiger partial charge in [0.25, 0.3) is 0 Å². The Morgan fingerprint density at radius 3 is 1.90 bits per heavy atom. The van der Waals surface area contributed by atoms with Crippen molar-refractivity contribution in [2.75, 3.05) is 0 Å². The van der Waals surface area contributed by atoms with Gasteiger partial charge in [-0.05, 0) is 51.4 Å². The molecule has 0 N–H and O–H groups in total. The average molecular weight is 278 g/mol. The third-order valence-electron chi connectivity index (χ3n) is 4.78. The van der Waals surface area contributed by atoms with Crippen LogP contribution in [-0.2, 0) is 9.53 Å². The van der Waals surface area contributed by atoms with Gasteiger partial charge in [0.2, 0.25) is 0 Å². The van der Waals surface area contributed by atoms with E-state index in [9.17, 15) is 4.79 Å². The molecule has 2 heteroatoms. The van der Waals surface area contributed by atoms with Crippen molar-refractivity contribution in [3.63, 3.8) is 0 Å². The molecule has 20 heavy (non-hydrogen) atoms. The molecule has 0 atom stereocenters. The van der Waals surface area contributed by atoms with E-state index >= 15 is 0 Å². The molecular weight excluding hydrogens is 248 g/mol. The van der Waals surface area contributed by atoms with Gasteiger partial charge in [0.05, 0.1) is 0 Å². The highest BCUT2D eigenvalue weighted by molar-refractivity contribution is 5.87. The summed E-state index contributed by atoms with van der Waals surface area (Å²) < 4.78 is 5.70. The Labute approximate surface area is 124 Å². The number of hydrogen-bond donors (Lipinski definition) is 0. The molecule has 0 saturated heterocycles. The summed E-state index contributed by atoms with van der Waals surface area (Å²) in [6.45, 7) is 1.93. The Balaban J connectivity index is 1.83. The summed E-state index contributed by atoms with van der Waals surface area (Å²) in [7, 11) is 0. The second-order valence-corrected chi connectivity index (χ2v) is 6.62. The van der Waals surface area contributed by atoms with Crippen molar-refractivity contribution < 1.29 is 9.53 Å². The van der Waals surface area contributed by atoms with Gasteiger partial charge in [0.15, 0.2) is 0 Å². The van der Waals surface area contributed by atoms with Gasteiger partial charge in [-0.15, -0.1) is 0 Å². The summed E-state index contributed by atoms with van der Waals surface area (Å²) in [6.07, 6.45) is 17.3. The van der Waals surface area contributed by atoms with Gasteiger partial charge in [0.1, 0.15) is 6.10 Å². The highest BCUT2D eigenvalue weighted by atomic mass is 16.5. The first-order chi connectivity index (χ1) is 9.75. The van der Waals surface area contributed by atoms with E-state index in [0.717, 1.165) is 18.4 Å². The molecule has 0 spiro atoms. The Kier molecular flexibility index (Phi) is 6.62. The van der Waals surface area contributed by atoms with Gasteiger partial charge in [-0.3, -0.25) is 0 Å². The van der Waals surface area contributed by atoms with E-state index < -0.39 is 0 Å². The zero-order valence-corrected chi connectivity index (χ0v) is 13.0. The molecule has 2 aliphatic carbocycles. The van der Waals surface area contributed by atoms with Crippen LogP contribution < -0.4 is 0 Å². The molecule has 0 aromatic heterocycles. The number of rotatable bonds is 3. The molecule has 0 aliphatic heterocycles. The van der Waals surface area contributed by atoms with E-state index in [2.05, 4.69) is 6.08 Å². The van der Waals surface area contributed by atoms with Gasteiger partial charge in [-0.1, -0.05) is 44.6 Å². The predicted octanol–water partition coefficient (Wildman–Crippen LogP) is 5.17. The highest BCUT2D eigenvalue weighted by Gasteiger charge is 2.18. The molecule has 2 nitrogen and oxygen atoms in total. The molecule has 0 radical (unpaired) electrons. The molecule has 2 rings (SSSR count). The minimum Gasteiger partial charge on any atom is -0.459 e. The molecule has 0 bridgehead atoms. The molecule has 2 aliphatic rings. The van der Waals surface area contributed by atoms with Gasteiger partial charge in [-0.25, -0.2) is 4.79 Å². The number of carbonyl (C=O) groups excluding carboxylic acids is 1. The van der Waals surface area contributed by atoms with E-state index in [1.54, 1.807) is 0 Å². The summed E-state index contributed by atoms with van der Waals surface area (Å²) in [4.78, 5) is 12.2. The summed E-state index contributed by atoms with van der Waals surface area (Å²) in [6, 6.07) is 0. The first kappa shape index (κ1) is 15.6. The average Bonchev–Trinajstić information content (AvgIpc) is 2.83. The monoisotopic (exact) mass is 278 g/mol. The first-order valence-electron chi connectivity index (χ1n) is 8.65. The quantitative estimate of drug-likeness (QED) is 0.404. The number of esters is 1. The van der Waals surface area contributed by atoms with E-state index in [1.165, 1.54) is 64.2 Å². The smallest absolute Gasteiger partial charge is 0.333 e. The highest BCUT2D eigenvalue weighted by Crippen LogP contribution is 2.26. The molecule has 0 heterocycles. The van der Waals surface area contributed by atoms with Gasteiger partial charge < -0.3 is 4.74 Å². The van der Waals surface area contributed by atoms with Crippen molar-refractivity contribution in [2.45, 2.75) is 90.1 Å². The largest absolute Gasteiger partial charge is 0.459 e. The fourth-order valence-electron chi connectivity index (χ4n) is 3.50. The second kappa shape index (κ2) is 8.49. The van der Waals surface area contributed by atoms with Crippen molar-refractivity contribution in [1.29, 1.82) is 0 Å². The Hall–Kier alpha value is -0.790. The van der Waals surface area contributed by atoms with E-state index in [1.807, 2.05) is 6.92 Å². The van der Waals surface area contributed by atoms with Crippen LogP contribution in [0.3, 0.4) is 0 Å². The van der Waals surface area contributed by atoms with Crippen LogP contribution in [0, 0.1) is 5.92 Å². The molecule has 0 aromatic rings. The van der Waals surface area contributed by atoms with Gasteiger partial charge in [0, 0.05) is 5.57 Å². The SMILES string of the molecule is CC(=CC1CCCCCC1)C(=O)OC1CCCCCC1.